The van der Waals surface area contributed by atoms with Crippen LogP contribution in [0.15, 0.2) is 83.6 Å². The third-order valence-corrected chi connectivity index (χ3v) is 5.01. The Morgan fingerprint density at radius 1 is 1.11 bits per heavy atom. The van der Waals surface area contributed by atoms with Gasteiger partial charge in [0.25, 0.3) is 0 Å². The van der Waals surface area contributed by atoms with Crippen molar-refractivity contribution < 1.29 is 0 Å². The van der Waals surface area contributed by atoms with Gasteiger partial charge in [-0.05, 0) is 54.5 Å². The quantitative estimate of drug-likeness (QED) is 0.809. The number of aliphatic imine (C=N–C) groups is 1. The first-order chi connectivity index (χ1) is 13.1. The molecule has 0 aliphatic carbocycles. The van der Waals surface area contributed by atoms with Crippen molar-refractivity contribution in [3.05, 3.63) is 78.6 Å². The van der Waals surface area contributed by atoms with Crippen LogP contribution in [0.5, 0.6) is 0 Å². The standard InChI is InChI=1S/C22H23N5/c1-3-16-13-20(24)21-22(25-14-16)27(18-7-5-4-6-8-18)15(2)26(21)19-11-9-17(23)10-12-19/h4-13,21,24H,2-3,14,23H2,1H3. The van der Waals surface area contributed by atoms with Gasteiger partial charge in [0.2, 0.25) is 0 Å². The summed E-state index contributed by atoms with van der Waals surface area (Å²) in [5, 5.41) is 8.76. The number of fused-ring (bicyclic) bond motifs is 1. The van der Waals surface area contributed by atoms with E-state index >= 15 is 0 Å². The van der Waals surface area contributed by atoms with Crippen LogP contribution in [0.25, 0.3) is 0 Å². The van der Waals surface area contributed by atoms with Gasteiger partial charge in [0.05, 0.1) is 12.3 Å². The highest BCUT2D eigenvalue weighted by Crippen LogP contribution is 2.37. The van der Waals surface area contributed by atoms with E-state index in [2.05, 4.69) is 23.3 Å². The van der Waals surface area contributed by atoms with Crippen LogP contribution in [-0.2, 0) is 0 Å². The molecule has 2 heterocycles. The lowest BCUT2D eigenvalue weighted by Crippen LogP contribution is -2.39. The number of nitrogens with zero attached hydrogens (tertiary/aromatic N) is 3. The number of nitrogens with one attached hydrogen (secondary N) is 1. The van der Waals surface area contributed by atoms with Crippen LogP contribution in [0, 0.1) is 5.41 Å². The summed E-state index contributed by atoms with van der Waals surface area (Å²) in [6, 6.07) is 17.5. The summed E-state index contributed by atoms with van der Waals surface area (Å²) in [5.41, 5.74) is 10.2. The van der Waals surface area contributed by atoms with Gasteiger partial charge in [-0.2, -0.15) is 0 Å². The molecule has 2 aromatic carbocycles. The molecule has 0 radical (unpaired) electrons. The van der Waals surface area contributed by atoms with Gasteiger partial charge in [0, 0.05) is 17.1 Å². The Morgan fingerprint density at radius 2 is 1.81 bits per heavy atom. The van der Waals surface area contributed by atoms with Crippen molar-refractivity contribution in [3.63, 3.8) is 0 Å². The van der Waals surface area contributed by atoms with Crippen molar-refractivity contribution >= 4 is 28.6 Å². The number of hydrogen-bond donors (Lipinski definition) is 2. The molecule has 5 nitrogen and oxygen atoms in total. The van der Waals surface area contributed by atoms with E-state index in [1.165, 1.54) is 0 Å². The predicted molar refractivity (Wildman–Crippen MR) is 114 cm³/mol. The monoisotopic (exact) mass is 357 g/mol. The van der Waals surface area contributed by atoms with Crippen molar-refractivity contribution in [2.45, 2.75) is 19.4 Å². The maximum absolute atomic E-state index is 8.76. The number of nitrogens with two attached hydrogens (primary N) is 1. The molecular formula is C22H23N5. The Morgan fingerprint density at radius 3 is 2.48 bits per heavy atom. The van der Waals surface area contributed by atoms with Crippen molar-refractivity contribution in [1.29, 1.82) is 5.41 Å². The lowest BCUT2D eigenvalue weighted by atomic mass is 10.1. The number of anilines is 3. The molecule has 0 saturated carbocycles. The smallest absolute Gasteiger partial charge is 0.139 e. The molecule has 2 aliphatic heterocycles. The summed E-state index contributed by atoms with van der Waals surface area (Å²) in [7, 11) is 0. The molecule has 1 fully saturated rings. The van der Waals surface area contributed by atoms with Gasteiger partial charge in [0.1, 0.15) is 17.7 Å². The molecule has 4 rings (SSSR count). The Kier molecular flexibility index (Phi) is 4.28. The second kappa shape index (κ2) is 6.76. The molecule has 0 aromatic heterocycles. The molecule has 1 saturated heterocycles. The van der Waals surface area contributed by atoms with Crippen molar-refractivity contribution in [2.24, 2.45) is 4.99 Å². The molecule has 136 valence electrons. The maximum atomic E-state index is 8.76. The van der Waals surface area contributed by atoms with E-state index in [0.29, 0.717) is 17.9 Å². The molecule has 2 aliphatic rings. The molecule has 27 heavy (non-hydrogen) atoms. The van der Waals surface area contributed by atoms with Gasteiger partial charge < -0.3 is 16.0 Å². The fourth-order valence-electron chi connectivity index (χ4n) is 3.59. The highest BCUT2D eigenvalue weighted by molar-refractivity contribution is 6.25. The van der Waals surface area contributed by atoms with Crippen LogP contribution in [0.4, 0.5) is 17.1 Å². The number of rotatable bonds is 3. The minimum atomic E-state index is -0.301. The van der Waals surface area contributed by atoms with Crippen LogP contribution < -0.4 is 15.5 Å². The molecule has 0 bridgehead atoms. The average Bonchev–Trinajstić information content (AvgIpc) is 2.88. The van der Waals surface area contributed by atoms with Crippen LogP contribution in [0.3, 0.4) is 0 Å². The van der Waals surface area contributed by atoms with Crippen LogP contribution in [0.1, 0.15) is 13.3 Å². The second-order valence-corrected chi connectivity index (χ2v) is 6.74. The normalized spacial score (nSPS) is 19.5. The Hall–Kier alpha value is -3.34. The molecule has 0 amide bonds. The lowest BCUT2D eigenvalue weighted by Gasteiger charge is -2.26. The topological polar surface area (TPSA) is 68.7 Å². The summed E-state index contributed by atoms with van der Waals surface area (Å²) < 4.78 is 0. The van der Waals surface area contributed by atoms with Gasteiger partial charge in [0.15, 0.2) is 0 Å². The number of para-hydroxylation sites is 1. The summed E-state index contributed by atoms with van der Waals surface area (Å²) in [4.78, 5) is 9.03. The number of hydrogen-bond acceptors (Lipinski definition) is 5. The van der Waals surface area contributed by atoms with E-state index in [0.717, 1.165) is 35.0 Å². The van der Waals surface area contributed by atoms with E-state index in [9.17, 15) is 0 Å². The van der Waals surface area contributed by atoms with Crippen LogP contribution in [-0.4, -0.2) is 24.1 Å². The first-order valence-corrected chi connectivity index (χ1v) is 9.11. The van der Waals surface area contributed by atoms with Gasteiger partial charge in [-0.15, -0.1) is 0 Å². The van der Waals surface area contributed by atoms with E-state index in [1.807, 2.05) is 60.7 Å². The van der Waals surface area contributed by atoms with Gasteiger partial charge in [-0.1, -0.05) is 31.7 Å². The summed E-state index contributed by atoms with van der Waals surface area (Å²) in [6.45, 7) is 7.05. The third-order valence-electron chi connectivity index (χ3n) is 5.01. The Bertz CT molecular complexity index is 940. The van der Waals surface area contributed by atoms with Gasteiger partial charge in [-0.3, -0.25) is 9.89 Å². The fraction of sp³-hybridized carbons (Fsp3) is 0.182. The van der Waals surface area contributed by atoms with Gasteiger partial charge in [-0.25, -0.2) is 0 Å². The summed E-state index contributed by atoms with van der Waals surface area (Å²) in [5.74, 6) is 1.63. The highest BCUT2D eigenvalue weighted by Gasteiger charge is 2.43. The van der Waals surface area contributed by atoms with Crippen molar-refractivity contribution in [1.82, 2.24) is 0 Å². The first kappa shape index (κ1) is 17.1. The molecule has 0 spiro atoms. The first-order valence-electron chi connectivity index (χ1n) is 9.11. The maximum Gasteiger partial charge on any atom is 0.139 e. The molecule has 5 heteroatoms. The minimum absolute atomic E-state index is 0.301. The number of amidine groups is 1. The molecule has 1 unspecified atom stereocenters. The van der Waals surface area contributed by atoms with E-state index in [-0.39, 0.29) is 6.04 Å². The van der Waals surface area contributed by atoms with Gasteiger partial charge >= 0.3 is 0 Å². The van der Waals surface area contributed by atoms with E-state index < -0.39 is 0 Å². The van der Waals surface area contributed by atoms with Crippen molar-refractivity contribution in [2.75, 3.05) is 22.1 Å². The molecule has 3 N–H and O–H groups in total. The predicted octanol–water partition coefficient (Wildman–Crippen LogP) is 4.20. The molecular weight excluding hydrogens is 334 g/mol. The molecule has 2 aromatic rings. The van der Waals surface area contributed by atoms with E-state index in [1.54, 1.807) is 0 Å². The summed E-state index contributed by atoms with van der Waals surface area (Å²) >= 11 is 0. The molecule has 1 atom stereocenters. The van der Waals surface area contributed by atoms with Crippen LogP contribution in [0.2, 0.25) is 0 Å². The Balaban J connectivity index is 1.86. The zero-order valence-corrected chi connectivity index (χ0v) is 15.4. The largest absolute Gasteiger partial charge is 0.399 e. The summed E-state index contributed by atoms with van der Waals surface area (Å²) in [6.07, 6.45) is 2.85. The van der Waals surface area contributed by atoms with E-state index in [4.69, 9.17) is 16.1 Å². The average molecular weight is 357 g/mol. The number of benzene rings is 2. The third kappa shape index (κ3) is 2.91. The van der Waals surface area contributed by atoms with Crippen molar-refractivity contribution in [3.8, 4) is 0 Å². The highest BCUT2D eigenvalue weighted by atomic mass is 15.4. The SMILES string of the molecule is C=C1N(c2ccccc2)C2=NCC(CC)=CC(=N)C2N1c1ccc(N)cc1. The zero-order valence-electron chi connectivity index (χ0n) is 15.4. The Labute approximate surface area is 159 Å². The number of nitrogen functional groups attached to an aromatic ring is 1. The minimum Gasteiger partial charge on any atom is -0.399 e. The second-order valence-electron chi connectivity index (χ2n) is 6.74. The lowest BCUT2D eigenvalue weighted by molar-refractivity contribution is 1.01. The fourth-order valence-corrected chi connectivity index (χ4v) is 3.59. The van der Waals surface area contributed by atoms with Crippen LogP contribution >= 0.6 is 0 Å². The zero-order chi connectivity index (χ0) is 19.0.